The Morgan fingerprint density at radius 1 is 1.17 bits per heavy atom. The molecular formula is C27H23N5O2S. The number of nitrogens with two attached hydrogens (primary N) is 1. The number of hydrogen-bond donors (Lipinski definition) is 1. The molecule has 1 atom stereocenters. The van der Waals surface area contributed by atoms with E-state index in [4.69, 9.17) is 10.2 Å². The van der Waals surface area contributed by atoms with Crippen molar-refractivity contribution in [3.8, 4) is 23.5 Å². The minimum absolute atomic E-state index is 0.00601. The molecule has 3 aromatic heterocycles. The van der Waals surface area contributed by atoms with Crippen LogP contribution in [0.3, 0.4) is 0 Å². The van der Waals surface area contributed by atoms with E-state index in [1.54, 1.807) is 12.1 Å². The maximum absolute atomic E-state index is 14.0. The molecule has 1 aromatic carbocycles. The molecular weight excluding hydrogens is 458 g/mol. The lowest BCUT2D eigenvalue weighted by molar-refractivity contribution is 0.0910. The van der Waals surface area contributed by atoms with Crippen LogP contribution in [0.5, 0.6) is 0 Å². The minimum atomic E-state index is -0.492. The summed E-state index contributed by atoms with van der Waals surface area (Å²) in [6.07, 6.45) is 6.02. The number of thioether (sulfide) groups is 1. The predicted molar refractivity (Wildman–Crippen MR) is 135 cm³/mol. The third-order valence-electron chi connectivity index (χ3n) is 6.48. The summed E-state index contributed by atoms with van der Waals surface area (Å²) < 4.78 is 7.37. The summed E-state index contributed by atoms with van der Waals surface area (Å²) in [6, 6.07) is 15.6. The van der Waals surface area contributed by atoms with E-state index in [0.29, 0.717) is 22.8 Å². The first kappa shape index (κ1) is 22.8. The van der Waals surface area contributed by atoms with Gasteiger partial charge in [0.05, 0.1) is 28.2 Å². The second-order valence-electron chi connectivity index (χ2n) is 8.47. The maximum Gasteiger partial charge on any atom is 0.244 e. The van der Waals surface area contributed by atoms with E-state index in [2.05, 4.69) is 17.1 Å². The number of furan rings is 1. The zero-order valence-electron chi connectivity index (χ0n) is 19.2. The van der Waals surface area contributed by atoms with Gasteiger partial charge in [-0.05, 0) is 55.9 Å². The van der Waals surface area contributed by atoms with Crippen LogP contribution in [0.1, 0.15) is 53.4 Å². The zero-order chi connectivity index (χ0) is 24.5. The van der Waals surface area contributed by atoms with E-state index in [9.17, 15) is 15.3 Å². The summed E-state index contributed by atoms with van der Waals surface area (Å²) in [6.45, 7) is 1.94. The monoisotopic (exact) mass is 481 g/mol. The number of carbonyl (C=O) groups is 1. The summed E-state index contributed by atoms with van der Waals surface area (Å²) in [5.41, 5.74) is 9.98. The van der Waals surface area contributed by atoms with Gasteiger partial charge in [-0.25, -0.2) is 4.98 Å². The lowest BCUT2D eigenvalue weighted by Crippen LogP contribution is -2.26. The minimum Gasteiger partial charge on any atom is -0.464 e. The van der Waals surface area contributed by atoms with Gasteiger partial charge in [0.25, 0.3) is 0 Å². The van der Waals surface area contributed by atoms with Crippen LogP contribution < -0.4 is 5.73 Å². The van der Waals surface area contributed by atoms with Crippen LogP contribution in [0, 0.1) is 22.7 Å². The first-order chi connectivity index (χ1) is 17.1. The lowest BCUT2D eigenvalue weighted by Gasteiger charge is -2.20. The molecule has 1 aliphatic carbocycles. The number of carbonyl (C=O) groups excluding carboxylic acids is 1. The highest BCUT2D eigenvalue weighted by molar-refractivity contribution is 8.00. The van der Waals surface area contributed by atoms with E-state index >= 15 is 0 Å². The number of benzene rings is 1. The van der Waals surface area contributed by atoms with Crippen LogP contribution >= 0.6 is 11.8 Å². The summed E-state index contributed by atoms with van der Waals surface area (Å²) in [5.74, 6) is 0.329. The first-order valence-electron chi connectivity index (χ1n) is 11.6. The van der Waals surface area contributed by atoms with Gasteiger partial charge in [0.15, 0.2) is 0 Å². The number of fused-ring (bicyclic) bond motifs is 3. The van der Waals surface area contributed by atoms with E-state index in [-0.39, 0.29) is 22.9 Å². The van der Waals surface area contributed by atoms with E-state index in [1.165, 1.54) is 23.6 Å². The number of nitrogen functional groups attached to an aromatic ring is 1. The Kier molecular flexibility index (Phi) is 6.07. The van der Waals surface area contributed by atoms with Crippen LogP contribution in [-0.4, -0.2) is 20.7 Å². The van der Waals surface area contributed by atoms with Crippen LogP contribution in [0.4, 0.5) is 5.82 Å². The van der Waals surface area contributed by atoms with Gasteiger partial charge >= 0.3 is 0 Å². The third-order valence-corrected chi connectivity index (χ3v) is 7.82. The Hall–Kier alpha value is -4.01. The fourth-order valence-electron chi connectivity index (χ4n) is 4.88. The van der Waals surface area contributed by atoms with E-state index in [1.807, 2.05) is 35.8 Å². The second kappa shape index (κ2) is 9.32. The highest BCUT2D eigenvalue weighted by atomic mass is 32.2. The fourth-order valence-corrected chi connectivity index (χ4v) is 5.94. The van der Waals surface area contributed by atoms with Gasteiger partial charge in [0.2, 0.25) is 5.91 Å². The Morgan fingerprint density at radius 3 is 2.66 bits per heavy atom. The molecule has 4 aromatic rings. The van der Waals surface area contributed by atoms with Crippen molar-refractivity contribution in [1.29, 1.82) is 10.5 Å². The standard InChI is InChI=1S/C27H23N5O2S/c1-2-23(27(33)32-20-10-5-3-8-16(20)17-9-4-6-11-21(17)32)35-26-19(15-29)24(22-12-7-13-34-22)18(14-28)25(30)31-26/h3,5,7-8,10,12-13,23H,2,4,6,9,11H2,1H3,(H2,30,31). The van der Waals surface area contributed by atoms with Gasteiger partial charge in [0.1, 0.15) is 34.3 Å². The van der Waals surface area contributed by atoms with Crippen molar-refractivity contribution in [2.75, 3.05) is 5.73 Å². The number of para-hydroxylation sites is 1. The van der Waals surface area contributed by atoms with Gasteiger partial charge in [-0.1, -0.05) is 36.9 Å². The average molecular weight is 482 g/mol. The van der Waals surface area contributed by atoms with Crippen molar-refractivity contribution in [2.24, 2.45) is 0 Å². The van der Waals surface area contributed by atoms with E-state index in [0.717, 1.165) is 42.3 Å². The predicted octanol–water partition coefficient (Wildman–Crippen LogP) is 5.71. The molecule has 0 saturated heterocycles. The molecule has 7 nitrogen and oxygen atoms in total. The van der Waals surface area contributed by atoms with Crippen molar-refractivity contribution in [3.63, 3.8) is 0 Å². The van der Waals surface area contributed by atoms with Gasteiger partial charge < -0.3 is 10.2 Å². The number of aryl methyl sites for hydroxylation is 1. The molecule has 2 N–H and O–H groups in total. The molecule has 0 radical (unpaired) electrons. The molecule has 0 spiro atoms. The summed E-state index contributed by atoms with van der Waals surface area (Å²) in [7, 11) is 0. The van der Waals surface area contributed by atoms with Crippen molar-refractivity contribution >= 4 is 34.4 Å². The van der Waals surface area contributed by atoms with Crippen molar-refractivity contribution in [1.82, 2.24) is 9.55 Å². The molecule has 35 heavy (non-hydrogen) atoms. The van der Waals surface area contributed by atoms with Crippen LogP contribution in [-0.2, 0) is 12.8 Å². The number of hydrogen-bond acceptors (Lipinski definition) is 7. The van der Waals surface area contributed by atoms with Gasteiger partial charge in [-0.15, -0.1) is 0 Å². The lowest BCUT2D eigenvalue weighted by atomic mass is 9.95. The fraction of sp³-hybridized carbons (Fsp3) is 0.259. The quantitative estimate of drug-likeness (QED) is 0.362. The van der Waals surface area contributed by atoms with Crippen molar-refractivity contribution < 1.29 is 9.21 Å². The number of aromatic nitrogens is 2. The number of pyridine rings is 1. The van der Waals surface area contributed by atoms with Crippen LogP contribution in [0.15, 0.2) is 52.1 Å². The maximum atomic E-state index is 14.0. The normalized spacial score (nSPS) is 13.7. The molecule has 5 rings (SSSR count). The molecule has 1 unspecified atom stereocenters. The summed E-state index contributed by atoms with van der Waals surface area (Å²) in [4.78, 5) is 18.4. The van der Waals surface area contributed by atoms with Gasteiger partial charge in [-0.2, -0.15) is 10.5 Å². The topological polar surface area (TPSA) is 122 Å². The Labute approximate surface area is 207 Å². The highest BCUT2D eigenvalue weighted by Crippen LogP contribution is 2.39. The number of anilines is 1. The van der Waals surface area contributed by atoms with Crippen LogP contribution in [0.2, 0.25) is 0 Å². The molecule has 8 heteroatoms. The first-order valence-corrected chi connectivity index (χ1v) is 12.5. The molecule has 0 amide bonds. The molecule has 0 aliphatic heterocycles. The zero-order valence-corrected chi connectivity index (χ0v) is 20.1. The molecule has 3 heterocycles. The number of rotatable bonds is 5. The van der Waals surface area contributed by atoms with Crippen molar-refractivity contribution in [3.05, 3.63) is 65.0 Å². The van der Waals surface area contributed by atoms with Gasteiger partial charge in [-0.3, -0.25) is 9.36 Å². The number of nitriles is 2. The highest BCUT2D eigenvalue weighted by Gasteiger charge is 2.30. The number of nitrogens with zero attached hydrogens (tertiary/aromatic N) is 4. The third kappa shape index (κ3) is 3.77. The van der Waals surface area contributed by atoms with E-state index < -0.39 is 5.25 Å². The van der Waals surface area contributed by atoms with Crippen molar-refractivity contribution in [2.45, 2.75) is 49.3 Å². The molecule has 1 aliphatic rings. The molecule has 0 saturated carbocycles. The summed E-state index contributed by atoms with van der Waals surface area (Å²) in [5, 5.41) is 20.7. The molecule has 0 fully saturated rings. The average Bonchev–Trinajstić information content (AvgIpc) is 3.53. The Bertz CT molecular complexity index is 1520. The smallest absolute Gasteiger partial charge is 0.244 e. The largest absolute Gasteiger partial charge is 0.464 e. The Balaban J connectivity index is 1.61. The second-order valence-corrected chi connectivity index (χ2v) is 9.66. The SMILES string of the molecule is CCC(Sc1nc(N)c(C#N)c(-c2ccco2)c1C#N)C(=O)n1c2c(c3ccccc31)CCCC2. The molecule has 174 valence electrons. The van der Waals surface area contributed by atoms with Crippen LogP contribution in [0.25, 0.3) is 22.2 Å². The summed E-state index contributed by atoms with van der Waals surface area (Å²) >= 11 is 1.22. The van der Waals surface area contributed by atoms with Gasteiger partial charge in [0, 0.05) is 11.1 Å². The Morgan fingerprint density at radius 2 is 1.94 bits per heavy atom. The molecule has 0 bridgehead atoms.